The van der Waals surface area contributed by atoms with Crippen molar-refractivity contribution in [3.05, 3.63) is 23.8 Å². The maximum absolute atomic E-state index is 11.0. The number of ether oxygens (including phenoxy) is 1. The van der Waals surface area contributed by atoms with Crippen LogP contribution in [0.2, 0.25) is 0 Å². The van der Waals surface area contributed by atoms with Crippen LogP contribution in [0.25, 0.3) is 0 Å². The number of carbonyl (C=O) groups excluding carboxylic acids is 1. The molecule has 0 amide bonds. The van der Waals surface area contributed by atoms with Crippen LogP contribution in [0.15, 0.2) is 18.2 Å². The molecule has 0 aliphatic carbocycles. The topological polar surface area (TPSA) is 44.8 Å². The van der Waals surface area contributed by atoms with Crippen molar-refractivity contribution in [1.82, 2.24) is 0 Å². The summed E-state index contributed by atoms with van der Waals surface area (Å²) in [5, 5.41) is 0. The quantitative estimate of drug-likeness (QED) is 0.810. The molecule has 0 saturated carbocycles. The van der Waals surface area contributed by atoms with E-state index in [1.54, 1.807) is 0 Å². The molecule has 1 rings (SSSR count). The van der Waals surface area contributed by atoms with Crippen LogP contribution >= 0.6 is 23.7 Å². The van der Waals surface area contributed by atoms with Gasteiger partial charge in [-0.3, -0.25) is 0 Å². The first-order valence-electron chi connectivity index (χ1n) is 3.52. The minimum atomic E-state index is -0.675. The number of hydrogen-bond acceptors (Lipinski definition) is 4. The van der Waals surface area contributed by atoms with E-state index in [1.807, 2.05) is 0 Å². The zero-order valence-corrected chi connectivity index (χ0v) is 8.63. The monoisotopic (exact) mass is 236 g/mol. The largest absolute Gasteiger partial charge is 0.493 e. The van der Waals surface area contributed by atoms with E-state index >= 15 is 0 Å². The van der Waals surface area contributed by atoms with Crippen LogP contribution in [0.4, 0.5) is 0 Å². The van der Waals surface area contributed by atoms with Crippen molar-refractivity contribution >= 4 is 29.7 Å². The SMILES string of the molecule is COc1cc(C(=O)OCl)ccc1OCl. The summed E-state index contributed by atoms with van der Waals surface area (Å²) in [4.78, 5) is 11.0. The van der Waals surface area contributed by atoms with Gasteiger partial charge in [-0.25, -0.2) is 4.79 Å². The second kappa shape index (κ2) is 4.93. The maximum atomic E-state index is 11.0. The average molecular weight is 237 g/mol. The summed E-state index contributed by atoms with van der Waals surface area (Å²) in [5.74, 6) is -0.0501. The van der Waals surface area contributed by atoms with Gasteiger partial charge < -0.3 is 13.3 Å². The number of methoxy groups -OCH3 is 1. The lowest BCUT2D eigenvalue weighted by molar-refractivity contribution is 0.0751. The van der Waals surface area contributed by atoms with Crippen LogP contribution in [-0.4, -0.2) is 13.1 Å². The predicted octanol–water partition coefficient (Wildman–Crippen LogP) is 2.54. The lowest BCUT2D eigenvalue weighted by Gasteiger charge is -2.05. The molecule has 1 aromatic rings. The Morgan fingerprint density at radius 2 is 2.00 bits per heavy atom. The Hall–Kier alpha value is -1.13. The molecular weight excluding hydrogens is 231 g/mol. The van der Waals surface area contributed by atoms with Gasteiger partial charge in [0.2, 0.25) is 0 Å². The lowest BCUT2D eigenvalue weighted by atomic mass is 10.2. The van der Waals surface area contributed by atoms with Gasteiger partial charge in [-0.15, -0.1) is 0 Å². The van der Waals surface area contributed by atoms with E-state index in [4.69, 9.17) is 28.5 Å². The fraction of sp³-hybridized carbons (Fsp3) is 0.125. The second-order valence-electron chi connectivity index (χ2n) is 2.31. The normalized spacial score (nSPS) is 9.36. The van der Waals surface area contributed by atoms with E-state index in [9.17, 15) is 4.79 Å². The third kappa shape index (κ3) is 2.21. The minimum absolute atomic E-state index is 0.245. The summed E-state index contributed by atoms with van der Waals surface area (Å²) in [5.41, 5.74) is 0.245. The second-order valence-corrected chi connectivity index (χ2v) is 2.62. The van der Waals surface area contributed by atoms with Crippen molar-refractivity contribution in [1.29, 1.82) is 0 Å². The molecule has 0 atom stereocenters. The molecule has 4 nitrogen and oxygen atoms in total. The number of rotatable bonds is 3. The highest BCUT2D eigenvalue weighted by Crippen LogP contribution is 2.29. The molecule has 0 saturated heterocycles. The maximum Gasteiger partial charge on any atom is 0.356 e. The molecule has 0 N–H and O–H groups in total. The zero-order valence-electron chi connectivity index (χ0n) is 7.12. The van der Waals surface area contributed by atoms with E-state index in [2.05, 4.69) is 8.58 Å². The first kappa shape index (κ1) is 10.9. The van der Waals surface area contributed by atoms with Crippen LogP contribution in [0.1, 0.15) is 10.4 Å². The first-order chi connectivity index (χ1) is 6.72. The van der Waals surface area contributed by atoms with E-state index in [0.717, 1.165) is 0 Å². The Balaban J connectivity index is 3.07. The standard InChI is InChI=1S/C8H6Cl2O4/c1-12-7-4-5(8(11)14-10)2-3-6(7)13-9/h2-4H,1H3. The molecule has 76 valence electrons. The van der Waals surface area contributed by atoms with Crippen LogP contribution < -0.4 is 9.03 Å². The van der Waals surface area contributed by atoms with Gasteiger partial charge in [0.15, 0.2) is 11.5 Å². The summed E-state index contributed by atoms with van der Waals surface area (Å²) in [6, 6.07) is 4.32. The Morgan fingerprint density at radius 3 is 2.50 bits per heavy atom. The molecule has 0 aliphatic rings. The summed E-state index contributed by atoms with van der Waals surface area (Å²) in [7, 11) is 1.42. The summed E-state index contributed by atoms with van der Waals surface area (Å²) in [6.45, 7) is 0. The van der Waals surface area contributed by atoms with Gasteiger partial charge in [-0.2, -0.15) is 0 Å². The van der Waals surface area contributed by atoms with E-state index < -0.39 is 5.97 Å². The number of carbonyl (C=O) groups is 1. The summed E-state index contributed by atoms with van der Waals surface area (Å²) in [6.07, 6.45) is 0. The highest BCUT2D eigenvalue weighted by molar-refractivity contribution is 6.15. The molecule has 0 heterocycles. The summed E-state index contributed by atoms with van der Waals surface area (Å²) >= 11 is 10.1. The van der Waals surface area contributed by atoms with Gasteiger partial charge in [0.1, 0.15) is 23.7 Å². The highest BCUT2D eigenvalue weighted by Gasteiger charge is 2.11. The highest BCUT2D eigenvalue weighted by atomic mass is 35.5. The van der Waals surface area contributed by atoms with Crippen molar-refractivity contribution < 1.29 is 18.1 Å². The molecule has 0 unspecified atom stereocenters. The first-order valence-corrected chi connectivity index (χ1v) is 4.14. The van der Waals surface area contributed by atoms with E-state index in [1.165, 1.54) is 25.3 Å². The molecule has 6 heteroatoms. The summed E-state index contributed by atoms with van der Waals surface area (Å²) < 4.78 is 13.4. The zero-order chi connectivity index (χ0) is 10.6. The minimum Gasteiger partial charge on any atom is -0.493 e. The third-order valence-corrected chi connectivity index (χ3v) is 1.86. The van der Waals surface area contributed by atoms with E-state index in [0.29, 0.717) is 11.5 Å². The van der Waals surface area contributed by atoms with Gasteiger partial charge in [-0.05, 0) is 18.2 Å². The van der Waals surface area contributed by atoms with Crippen LogP contribution in [-0.2, 0) is 4.29 Å². The van der Waals surface area contributed by atoms with Crippen molar-refractivity contribution in [2.24, 2.45) is 0 Å². The molecule has 0 aromatic heterocycles. The van der Waals surface area contributed by atoms with Crippen LogP contribution in [0.3, 0.4) is 0 Å². The van der Waals surface area contributed by atoms with Gasteiger partial charge >= 0.3 is 5.97 Å². The number of halogens is 2. The van der Waals surface area contributed by atoms with Crippen molar-refractivity contribution in [2.75, 3.05) is 7.11 Å². The predicted molar refractivity (Wildman–Crippen MR) is 50.7 cm³/mol. The smallest absolute Gasteiger partial charge is 0.356 e. The molecule has 0 spiro atoms. The number of benzene rings is 1. The van der Waals surface area contributed by atoms with Crippen LogP contribution in [0, 0.1) is 0 Å². The molecular formula is C8H6Cl2O4. The third-order valence-electron chi connectivity index (χ3n) is 1.55. The lowest BCUT2D eigenvalue weighted by Crippen LogP contribution is -1.99. The van der Waals surface area contributed by atoms with Crippen molar-refractivity contribution in [3.8, 4) is 11.5 Å². The number of hydrogen-bond donors (Lipinski definition) is 0. The molecule has 1 aromatic carbocycles. The molecule has 0 aliphatic heterocycles. The van der Waals surface area contributed by atoms with Gasteiger partial charge in [-0.1, -0.05) is 0 Å². The fourth-order valence-electron chi connectivity index (χ4n) is 0.903. The average Bonchev–Trinajstić information content (AvgIpc) is 2.26. The Labute approximate surface area is 90.6 Å². The van der Waals surface area contributed by atoms with Crippen molar-refractivity contribution in [2.45, 2.75) is 0 Å². The van der Waals surface area contributed by atoms with Crippen LogP contribution in [0.5, 0.6) is 11.5 Å². The van der Waals surface area contributed by atoms with Crippen molar-refractivity contribution in [3.63, 3.8) is 0 Å². The molecule has 0 fully saturated rings. The molecule has 0 radical (unpaired) electrons. The van der Waals surface area contributed by atoms with Gasteiger partial charge in [0.05, 0.1) is 12.7 Å². The Morgan fingerprint density at radius 1 is 1.29 bits per heavy atom. The Bertz CT molecular complexity index is 340. The molecule has 14 heavy (non-hydrogen) atoms. The fourth-order valence-corrected chi connectivity index (χ4v) is 1.12. The van der Waals surface area contributed by atoms with Gasteiger partial charge in [0, 0.05) is 0 Å². The van der Waals surface area contributed by atoms with Gasteiger partial charge in [0.25, 0.3) is 0 Å². The Kier molecular flexibility index (Phi) is 3.85. The van der Waals surface area contributed by atoms with E-state index in [-0.39, 0.29) is 5.56 Å². The molecule has 0 bridgehead atoms.